The van der Waals surface area contributed by atoms with E-state index in [4.69, 9.17) is 4.74 Å². The van der Waals surface area contributed by atoms with Crippen LogP contribution in [0, 0.1) is 12.7 Å². The minimum atomic E-state index is -0.432. The van der Waals surface area contributed by atoms with E-state index in [0.29, 0.717) is 38.8 Å². The van der Waals surface area contributed by atoms with Crippen molar-refractivity contribution < 1.29 is 18.7 Å². The molecule has 0 unspecified atom stereocenters. The van der Waals surface area contributed by atoms with Crippen LogP contribution in [-0.4, -0.2) is 27.7 Å². The van der Waals surface area contributed by atoms with Crippen molar-refractivity contribution in [2.24, 2.45) is 0 Å². The zero-order chi connectivity index (χ0) is 17.4. The maximum Gasteiger partial charge on any atom is 0.350 e. The van der Waals surface area contributed by atoms with Gasteiger partial charge < -0.3 is 4.74 Å². The van der Waals surface area contributed by atoms with Gasteiger partial charge in [-0.05, 0) is 45.0 Å². The number of imidazole rings is 1. The number of rotatable bonds is 4. The summed E-state index contributed by atoms with van der Waals surface area (Å²) in [5.74, 6) is -0.791. The Bertz CT molecular complexity index is 926. The molecule has 124 valence electrons. The van der Waals surface area contributed by atoms with E-state index < -0.39 is 5.97 Å². The van der Waals surface area contributed by atoms with Crippen molar-refractivity contribution in [2.45, 2.75) is 26.9 Å². The van der Waals surface area contributed by atoms with Crippen molar-refractivity contribution in [1.82, 2.24) is 9.38 Å². The number of thiazole rings is 1. The summed E-state index contributed by atoms with van der Waals surface area (Å²) in [7, 11) is 0. The predicted molar refractivity (Wildman–Crippen MR) is 89.1 cm³/mol. The van der Waals surface area contributed by atoms with Gasteiger partial charge in [-0.3, -0.25) is 9.20 Å². The third-order valence-electron chi connectivity index (χ3n) is 3.50. The molecule has 2 heterocycles. The Morgan fingerprint density at radius 2 is 2.00 bits per heavy atom. The molecule has 0 N–H and O–H groups in total. The molecule has 0 saturated heterocycles. The largest absolute Gasteiger partial charge is 0.459 e. The van der Waals surface area contributed by atoms with Gasteiger partial charge in [-0.1, -0.05) is 11.3 Å². The number of ether oxygens (including phenoxy) is 1. The summed E-state index contributed by atoms with van der Waals surface area (Å²) in [6.45, 7) is 5.29. The molecule has 0 fully saturated rings. The Morgan fingerprint density at radius 3 is 2.58 bits per heavy atom. The average Bonchev–Trinajstić information content (AvgIpc) is 3.04. The summed E-state index contributed by atoms with van der Waals surface area (Å²) in [6, 6.07) is 5.77. The molecule has 0 amide bonds. The predicted octanol–water partition coefficient (Wildman–Crippen LogP) is 3.89. The van der Waals surface area contributed by atoms with Gasteiger partial charge in [0.1, 0.15) is 22.1 Å². The number of fused-ring (bicyclic) bond motifs is 1. The molecule has 3 aromatic rings. The highest BCUT2D eigenvalue weighted by Gasteiger charge is 2.23. The second-order valence-electron chi connectivity index (χ2n) is 5.56. The molecule has 0 saturated carbocycles. The van der Waals surface area contributed by atoms with Crippen LogP contribution in [0.3, 0.4) is 0 Å². The van der Waals surface area contributed by atoms with Crippen molar-refractivity contribution >= 4 is 28.6 Å². The number of esters is 1. The molecule has 0 aliphatic rings. The van der Waals surface area contributed by atoms with E-state index in [1.54, 1.807) is 37.3 Å². The van der Waals surface area contributed by atoms with Crippen LogP contribution in [0.2, 0.25) is 0 Å². The van der Waals surface area contributed by atoms with Crippen LogP contribution >= 0.6 is 11.3 Å². The number of carbonyl (C=O) groups excluding carboxylic acids is 2. The minimum absolute atomic E-state index is 0.230. The van der Waals surface area contributed by atoms with E-state index in [2.05, 4.69) is 4.98 Å². The van der Waals surface area contributed by atoms with E-state index in [1.165, 1.54) is 23.5 Å². The van der Waals surface area contributed by atoms with Crippen LogP contribution in [0.5, 0.6) is 0 Å². The Balaban J connectivity index is 2.14. The Labute approximate surface area is 141 Å². The van der Waals surface area contributed by atoms with Crippen molar-refractivity contribution in [2.75, 3.05) is 0 Å². The van der Waals surface area contributed by atoms with Gasteiger partial charge >= 0.3 is 5.97 Å². The lowest BCUT2D eigenvalue weighted by atomic mass is 10.1. The summed E-state index contributed by atoms with van der Waals surface area (Å²) in [4.78, 5) is 29.1. The molecule has 2 aromatic heterocycles. The van der Waals surface area contributed by atoms with E-state index in [9.17, 15) is 14.0 Å². The number of benzene rings is 1. The first kappa shape index (κ1) is 16.3. The topological polar surface area (TPSA) is 60.7 Å². The first-order valence-electron chi connectivity index (χ1n) is 7.36. The number of aromatic nitrogens is 2. The quantitative estimate of drug-likeness (QED) is 0.531. The first-order chi connectivity index (χ1) is 11.4. The highest BCUT2D eigenvalue weighted by atomic mass is 32.1. The molecule has 0 bridgehead atoms. The fourth-order valence-electron chi connectivity index (χ4n) is 2.46. The molecule has 0 aliphatic carbocycles. The van der Waals surface area contributed by atoms with Gasteiger partial charge in [-0.25, -0.2) is 14.2 Å². The molecule has 0 atom stereocenters. The first-order valence-corrected chi connectivity index (χ1v) is 8.18. The Hall–Kier alpha value is -2.54. The van der Waals surface area contributed by atoms with Gasteiger partial charge in [0.2, 0.25) is 0 Å². The normalized spacial score (nSPS) is 11.2. The van der Waals surface area contributed by atoms with Crippen molar-refractivity contribution in [3.63, 3.8) is 0 Å². The lowest BCUT2D eigenvalue weighted by molar-refractivity contribution is 0.0382. The van der Waals surface area contributed by atoms with E-state index in [0.717, 1.165) is 0 Å². The van der Waals surface area contributed by atoms with E-state index >= 15 is 0 Å². The fraction of sp³-hybridized carbons (Fsp3) is 0.235. The minimum Gasteiger partial charge on any atom is -0.459 e. The highest BCUT2D eigenvalue weighted by Crippen LogP contribution is 2.31. The SMILES string of the molecule is Cc1c(C(=O)OC(C)C)sc2nc(-c3ccc(F)cc3)c(C=O)n12. The molecular weight excluding hydrogens is 331 g/mol. The van der Waals surface area contributed by atoms with Crippen LogP contribution in [0.15, 0.2) is 24.3 Å². The molecule has 7 heteroatoms. The second-order valence-corrected chi connectivity index (χ2v) is 6.54. The number of halogens is 1. The molecule has 0 radical (unpaired) electrons. The number of hydrogen-bond donors (Lipinski definition) is 0. The lowest BCUT2D eigenvalue weighted by Crippen LogP contribution is -2.11. The van der Waals surface area contributed by atoms with Crippen LogP contribution in [0.4, 0.5) is 4.39 Å². The average molecular weight is 346 g/mol. The smallest absolute Gasteiger partial charge is 0.350 e. The molecule has 1 aromatic carbocycles. The van der Waals surface area contributed by atoms with Crippen LogP contribution in [-0.2, 0) is 4.74 Å². The van der Waals surface area contributed by atoms with E-state index in [1.807, 2.05) is 0 Å². The van der Waals surface area contributed by atoms with Crippen LogP contribution in [0.1, 0.15) is 39.7 Å². The molecule has 5 nitrogen and oxygen atoms in total. The monoisotopic (exact) mass is 346 g/mol. The molecule has 24 heavy (non-hydrogen) atoms. The molecular formula is C17H15FN2O3S. The van der Waals surface area contributed by atoms with Gasteiger partial charge in [0, 0.05) is 11.3 Å². The maximum absolute atomic E-state index is 13.1. The van der Waals surface area contributed by atoms with Crippen LogP contribution < -0.4 is 0 Å². The van der Waals surface area contributed by atoms with Gasteiger partial charge in [-0.2, -0.15) is 0 Å². The number of aldehydes is 1. The molecule has 0 spiro atoms. The zero-order valence-corrected chi connectivity index (χ0v) is 14.2. The molecule has 3 rings (SSSR count). The van der Waals surface area contributed by atoms with Gasteiger partial charge in [-0.15, -0.1) is 0 Å². The number of carbonyl (C=O) groups is 2. The summed E-state index contributed by atoms with van der Waals surface area (Å²) < 4.78 is 19.9. The van der Waals surface area contributed by atoms with Gasteiger partial charge in [0.05, 0.1) is 6.10 Å². The Kier molecular flexibility index (Phi) is 4.19. The van der Waals surface area contributed by atoms with E-state index in [-0.39, 0.29) is 11.9 Å². The standard InChI is InChI=1S/C17H15FN2O3S/c1-9(2)23-16(22)15-10(3)20-13(8-21)14(19-17(20)24-15)11-4-6-12(18)7-5-11/h4-9H,1-3H3. The third kappa shape index (κ3) is 2.71. The zero-order valence-electron chi connectivity index (χ0n) is 13.4. The fourth-order valence-corrected chi connectivity index (χ4v) is 3.47. The Morgan fingerprint density at radius 1 is 1.33 bits per heavy atom. The third-order valence-corrected chi connectivity index (χ3v) is 4.62. The van der Waals surface area contributed by atoms with Crippen molar-refractivity contribution in [3.05, 3.63) is 46.3 Å². The summed E-state index contributed by atoms with van der Waals surface area (Å²) in [6.07, 6.45) is 0.460. The highest BCUT2D eigenvalue weighted by molar-refractivity contribution is 7.19. The second kappa shape index (κ2) is 6.16. The summed E-state index contributed by atoms with van der Waals surface area (Å²) >= 11 is 1.17. The summed E-state index contributed by atoms with van der Waals surface area (Å²) in [5.41, 5.74) is 2.03. The van der Waals surface area contributed by atoms with Gasteiger partial charge in [0.15, 0.2) is 11.2 Å². The maximum atomic E-state index is 13.1. The number of nitrogens with zero attached hydrogens (tertiary/aromatic N) is 2. The summed E-state index contributed by atoms with van der Waals surface area (Å²) in [5, 5.41) is 0. The van der Waals surface area contributed by atoms with Crippen LogP contribution in [0.25, 0.3) is 16.2 Å². The van der Waals surface area contributed by atoms with Gasteiger partial charge in [0.25, 0.3) is 0 Å². The number of hydrogen-bond acceptors (Lipinski definition) is 5. The lowest BCUT2D eigenvalue weighted by Gasteiger charge is -2.07. The van der Waals surface area contributed by atoms with Crippen molar-refractivity contribution in [1.29, 1.82) is 0 Å². The molecule has 0 aliphatic heterocycles. The van der Waals surface area contributed by atoms with Crippen molar-refractivity contribution in [3.8, 4) is 11.3 Å². The number of aryl methyl sites for hydroxylation is 1.